The monoisotopic (exact) mass is 245 g/mol. The number of aliphatic carboxylic acids is 1. The zero-order chi connectivity index (χ0) is 13.0. The Balaban J connectivity index is 2.20. The van der Waals surface area contributed by atoms with E-state index in [0.717, 1.165) is 11.4 Å². The lowest BCUT2D eigenvalue weighted by Crippen LogP contribution is -2.28. The predicted molar refractivity (Wildman–Crippen MR) is 68.9 cm³/mol. The van der Waals surface area contributed by atoms with E-state index in [1.165, 1.54) is 0 Å². The molecule has 2 rings (SSSR count). The lowest BCUT2D eigenvalue weighted by molar-refractivity contribution is -0.137. The summed E-state index contributed by atoms with van der Waals surface area (Å²) in [6.07, 6.45) is 4.07. The molecule has 0 fully saturated rings. The number of nitrogens with one attached hydrogen (secondary N) is 1. The van der Waals surface area contributed by atoms with Gasteiger partial charge in [0.05, 0.1) is 5.69 Å². The second-order valence-corrected chi connectivity index (χ2v) is 3.94. The molecule has 1 aromatic heterocycles. The second-order valence-electron chi connectivity index (χ2n) is 3.94. The van der Waals surface area contributed by atoms with Crippen LogP contribution in [0.3, 0.4) is 0 Å². The molecular formula is C13H15N3O2. The molecule has 18 heavy (non-hydrogen) atoms. The number of rotatable bonds is 5. The van der Waals surface area contributed by atoms with Crippen molar-refractivity contribution in [2.45, 2.75) is 19.4 Å². The molecule has 5 nitrogen and oxygen atoms in total. The number of nitrogens with zero attached hydrogens (tertiary/aromatic N) is 2. The SMILES string of the molecule is CCC(Nc1cccc(-n2cccn2)c1)C(=O)O. The zero-order valence-corrected chi connectivity index (χ0v) is 10.1. The van der Waals surface area contributed by atoms with Crippen LogP contribution in [-0.4, -0.2) is 26.9 Å². The van der Waals surface area contributed by atoms with Gasteiger partial charge in [-0.3, -0.25) is 0 Å². The molecule has 0 spiro atoms. The van der Waals surface area contributed by atoms with Crippen molar-refractivity contribution in [2.24, 2.45) is 0 Å². The Morgan fingerprint density at radius 1 is 1.50 bits per heavy atom. The zero-order valence-electron chi connectivity index (χ0n) is 10.1. The van der Waals surface area contributed by atoms with Crippen molar-refractivity contribution in [3.05, 3.63) is 42.7 Å². The summed E-state index contributed by atoms with van der Waals surface area (Å²) in [5.74, 6) is -0.845. The molecule has 5 heteroatoms. The highest BCUT2D eigenvalue weighted by atomic mass is 16.4. The highest BCUT2D eigenvalue weighted by Crippen LogP contribution is 2.15. The fourth-order valence-corrected chi connectivity index (χ4v) is 1.70. The summed E-state index contributed by atoms with van der Waals surface area (Å²) >= 11 is 0. The number of aromatic nitrogens is 2. The first-order valence-corrected chi connectivity index (χ1v) is 5.80. The third kappa shape index (κ3) is 2.68. The van der Waals surface area contributed by atoms with E-state index in [0.29, 0.717) is 6.42 Å². The molecule has 0 saturated heterocycles. The van der Waals surface area contributed by atoms with Gasteiger partial charge in [0.2, 0.25) is 0 Å². The van der Waals surface area contributed by atoms with Gasteiger partial charge in [-0.15, -0.1) is 0 Å². The molecule has 1 aromatic carbocycles. The lowest BCUT2D eigenvalue weighted by Gasteiger charge is -2.14. The Bertz CT molecular complexity index is 523. The number of hydrogen-bond donors (Lipinski definition) is 2. The van der Waals surface area contributed by atoms with Crippen molar-refractivity contribution < 1.29 is 9.90 Å². The van der Waals surface area contributed by atoms with Crippen LogP contribution in [0.25, 0.3) is 5.69 Å². The van der Waals surface area contributed by atoms with Crippen LogP contribution in [0.5, 0.6) is 0 Å². The van der Waals surface area contributed by atoms with E-state index < -0.39 is 12.0 Å². The van der Waals surface area contributed by atoms with Gasteiger partial charge in [-0.2, -0.15) is 5.10 Å². The molecule has 2 aromatic rings. The summed E-state index contributed by atoms with van der Waals surface area (Å²) in [6, 6.07) is 8.77. The number of carboxylic acid groups (broad SMARTS) is 1. The van der Waals surface area contributed by atoms with Crippen LogP contribution in [0.4, 0.5) is 5.69 Å². The first kappa shape index (κ1) is 12.2. The Morgan fingerprint density at radius 2 is 2.33 bits per heavy atom. The van der Waals surface area contributed by atoms with Crippen LogP contribution in [0.1, 0.15) is 13.3 Å². The lowest BCUT2D eigenvalue weighted by atomic mass is 10.2. The van der Waals surface area contributed by atoms with Crippen molar-refractivity contribution >= 4 is 11.7 Å². The largest absolute Gasteiger partial charge is 0.480 e. The van der Waals surface area contributed by atoms with Gasteiger partial charge >= 0.3 is 5.97 Å². The fourth-order valence-electron chi connectivity index (χ4n) is 1.70. The van der Waals surface area contributed by atoms with Crippen LogP contribution in [0, 0.1) is 0 Å². The van der Waals surface area contributed by atoms with E-state index in [-0.39, 0.29) is 0 Å². The Morgan fingerprint density at radius 3 is 2.94 bits per heavy atom. The Kier molecular flexibility index (Phi) is 3.62. The van der Waals surface area contributed by atoms with Gasteiger partial charge < -0.3 is 10.4 Å². The predicted octanol–water partition coefficient (Wildman–Crippen LogP) is 2.15. The summed E-state index contributed by atoms with van der Waals surface area (Å²) in [5.41, 5.74) is 1.67. The molecule has 0 saturated carbocycles. The van der Waals surface area contributed by atoms with Gasteiger partial charge in [0.25, 0.3) is 0 Å². The van der Waals surface area contributed by atoms with E-state index in [9.17, 15) is 4.79 Å². The van der Waals surface area contributed by atoms with Crippen LogP contribution in [0.15, 0.2) is 42.7 Å². The summed E-state index contributed by atoms with van der Waals surface area (Å²) < 4.78 is 1.73. The normalized spacial score (nSPS) is 12.1. The number of anilines is 1. The molecule has 0 radical (unpaired) electrons. The third-order valence-electron chi connectivity index (χ3n) is 2.66. The molecule has 0 amide bonds. The quantitative estimate of drug-likeness (QED) is 0.847. The molecule has 0 aliphatic carbocycles. The topological polar surface area (TPSA) is 67.2 Å². The minimum atomic E-state index is -0.845. The van der Waals surface area contributed by atoms with E-state index >= 15 is 0 Å². The smallest absolute Gasteiger partial charge is 0.326 e. The van der Waals surface area contributed by atoms with Crippen molar-refractivity contribution in [2.75, 3.05) is 5.32 Å². The van der Waals surface area contributed by atoms with Crippen molar-refractivity contribution in [3.63, 3.8) is 0 Å². The maximum atomic E-state index is 11.0. The molecular weight excluding hydrogens is 230 g/mol. The van der Waals surface area contributed by atoms with Gasteiger partial charge in [0.15, 0.2) is 0 Å². The van der Waals surface area contributed by atoms with Gasteiger partial charge in [-0.25, -0.2) is 9.48 Å². The molecule has 0 bridgehead atoms. The summed E-state index contributed by atoms with van der Waals surface area (Å²) in [6.45, 7) is 1.84. The van der Waals surface area contributed by atoms with Crippen molar-refractivity contribution in [3.8, 4) is 5.69 Å². The first-order chi connectivity index (χ1) is 8.70. The van der Waals surface area contributed by atoms with Gasteiger partial charge in [-0.1, -0.05) is 13.0 Å². The van der Waals surface area contributed by atoms with Gasteiger partial charge in [0, 0.05) is 18.1 Å². The number of carbonyl (C=O) groups is 1. The standard InChI is InChI=1S/C13H15N3O2/c1-2-12(13(17)18)15-10-5-3-6-11(9-10)16-8-4-7-14-16/h3-9,12,15H,2H2,1H3,(H,17,18). The molecule has 2 N–H and O–H groups in total. The number of carboxylic acids is 1. The number of hydrogen-bond acceptors (Lipinski definition) is 3. The minimum absolute atomic E-state index is 0.529. The average molecular weight is 245 g/mol. The van der Waals surface area contributed by atoms with Crippen LogP contribution in [-0.2, 0) is 4.79 Å². The second kappa shape index (κ2) is 5.35. The Labute approximate surface area is 105 Å². The highest BCUT2D eigenvalue weighted by molar-refractivity contribution is 5.77. The maximum Gasteiger partial charge on any atom is 0.326 e. The van der Waals surface area contributed by atoms with E-state index in [4.69, 9.17) is 5.11 Å². The van der Waals surface area contributed by atoms with Crippen molar-refractivity contribution in [1.82, 2.24) is 9.78 Å². The van der Waals surface area contributed by atoms with E-state index in [2.05, 4.69) is 10.4 Å². The van der Waals surface area contributed by atoms with Crippen LogP contribution < -0.4 is 5.32 Å². The minimum Gasteiger partial charge on any atom is -0.480 e. The summed E-state index contributed by atoms with van der Waals surface area (Å²) in [4.78, 5) is 11.0. The van der Waals surface area contributed by atoms with Crippen LogP contribution in [0.2, 0.25) is 0 Å². The highest BCUT2D eigenvalue weighted by Gasteiger charge is 2.14. The number of benzene rings is 1. The van der Waals surface area contributed by atoms with Crippen LogP contribution >= 0.6 is 0 Å². The average Bonchev–Trinajstić information content (AvgIpc) is 2.90. The fraction of sp³-hybridized carbons (Fsp3) is 0.231. The van der Waals surface area contributed by atoms with E-state index in [1.54, 1.807) is 10.9 Å². The molecule has 0 aliphatic rings. The molecule has 0 aliphatic heterocycles. The van der Waals surface area contributed by atoms with E-state index in [1.807, 2.05) is 43.5 Å². The maximum absolute atomic E-state index is 11.0. The van der Waals surface area contributed by atoms with Crippen molar-refractivity contribution in [1.29, 1.82) is 0 Å². The Hall–Kier alpha value is -2.30. The summed E-state index contributed by atoms with van der Waals surface area (Å²) in [5, 5.41) is 16.1. The third-order valence-corrected chi connectivity index (χ3v) is 2.66. The summed E-state index contributed by atoms with van der Waals surface area (Å²) in [7, 11) is 0. The first-order valence-electron chi connectivity index (χ1n) is 5.80. The van der Waals surface area contributed by atoms with Gasteiger partial charge in [-0.05, 0) is 30.7 Å². The molecule has 1 unspecified atom stereocenters. The molecule has 94 valence electrons. The van der Waals surface area contributed by atoms with Gasteiger partial charge in [0.1, 0.15) is 6.04 Å². The molecule has 1 atom stereocenters. The molecule has 1 heterocycles.